The molecule has 0 aliphatic heterocycles. The van der Waals surface area contributed by atoms with Gasteiger partial charge in [-0.05, 0) is 18.8 Å². The van der Waals surface area contributed by atoms with Gasteiger partial charge in [0.1, 0.15) is 0 Å². The molecule has 1 atom stereocenters. The third-order valence-corrected chi connectivity index (χ3v) is 1.98. The number of carboxylic acids is 1. The molecule has 0 spiro atoms. The summed E-state index contributed by atoms with van der Waals surface area (Å²) in [5, 5.41) is 10.4. The maximum absolute atomic E-state index is 10.4. The largest absolute Gasteiger partial charge is 1.00 e. The molecule has 0 aromatic rings. The summed E-state index contributed by atoms with van der Waals surface area (Å²) in [7, 11) is 0. The number of unbranched alkanes of at least 4 members (excludes halogenated alkanes) is 2. The quantitative estimate of drug-likeness (QED) is 0.348. The maximum atomic E-state index is 10.4. The summed E-state index contributed by atoms with van der Waals surface area (Å²) in [4.78, 5) is 10.4. The van der Waals surface area contributed by atoms with Crippen LogP contribution in [0.3, 0.4) is 0 Å². The molecule has 0 radical (unpaired) electrons. The van der Waals surface area contributed by atoms with E-state index in [0.29, 0.717) is 6.42 Å². The van der Waals surface area contributed by atoms with Gasteiger partial charge in [-0.1, -0.05) is 33.1 Å². The second kappa shape index (κ2) is 9.16. The molecular formula is C9H17LiO2. The second-order valence-corrected chi connectivity index (χ2v) is 2.92. The van der Waals surface area contributed by atoms with Gasteiger partial charge in [-0.3, -0.25) is 0 Å². The first kappa shape index (κ1) is 14.6. The van der Waals surface area contributed by atoms with Crippen molar-refractivity contribution in [2.75, 3.05) is 0 Å². The molecule has 0 aliphatic rings. The van der Waals surface area contributed by atoms with Crippen LogP contribution in [-0.4, -0.2) is 5.97 Å². The van der Waals surface area contributed by atoms with Gasteiger partial charge < -0.3 is 9.90 Å². The Morgan fingerprint density at radius 2 is 1.92 bits per heavy atom. The molecule has 0 rings (SSSR count). The van der Waals surface area contributed by atoms with Crippen LogP contribution in [0.4, 0.5) is 0 Å². The Morgan fingerprint density at radius 3 is 2.25 bits per heavy atom. The van der Waals surface area contributed by atoms with Crippen LogP contribution in [0.25, 0.3) is 0 Å². The van der Waals surface area contributed by atoms with Crippen LogP contribution in [0.5, 0.6) is 0 Å². The van der Waals surface area contributed by atoms with Crippen LogP contribution in [-0.2, 0) is 4.79 Å². The van der Waals surface area contributed by atoms with Crippen LogP contribution in [0.2, 0.25) is 0 Å². The van der Waals surface area contributed by atoms with E-state index in [4.69, 9.17) is 0 Å². The van der Waals surface area contributed by atoms with Crippen LogP contribution in [0.1, 0.15) is 46.0 Å². The van der Waals surface area contributed by atoms with E-state index in [1.165, 1.54) is 0 Å². The Hall–Kier alpha value is 0.0674. The van der Waals surface area contributed by atoms with E-state index in [-0.39, 0.29) is 24.8 Å². The number of carboxylic acid groups (broad SMARTS) is 1. The molecule has 66 valence electrons. The first-order valence-corrected chi connectivity index (χ1v) is 4.43. The van der Waals surface area contributed by atoms with Gasteiger partial charge in [-0.2, -0.15) is 0 Å². The maximum Gasteiger partial charge on any atom is 1.00 e. The number of hydrogen-bond acceptors (Lipinski definition) is 2. The van der Waals surface area contributed by atoms with E-state index < -0.39 is 5.97 Å². The molecule has 0 amide bonds. The molecule has 1 unspecified atom stereocenters. The number of carbonyl (C=O) groups is 1. The third kappa shape index (κ3) is 6.76. The molecule has 0 saturated carbocycles. The number of carbonyl (C=O) groups excluding carboxylic acids is 1. The van der Waals surface area contributed by atoms with Crippen LogP contribution in [0, 0.1) is 5.92 Å². The van der Waals surface area contributed by atoms with Crippen molar-refractivity contribution in [1.82, 2.24) is 0 Å². The van der Waals surface area contributed by atoms with E-state index in [0.717, 1.165) is 25.7 Å². The fourth-order valence-corrected chi connectivity index (χ4v) is 1.13. The van der Waals surface area contributed by atoms with Crippen molar-refractivity contribution in [3.63, 3.8) is 0 Å². The van der Waals surface area contributed by atoms with E-state index in [2.05, 4.69) is 6.92 Å². The van der Waals surface area contributed by atoms with Gasteiger partial charge in [-0.25, -0.2) is 0 Å². The Kier molecular flexibility index (Phi) is 11.1. The van der Waals surface area contributed by atoms with Crippen molar-refractivity contribution in [2.24, 2.45) is 5.92 Å². The predicted molar refractivity (Wildman–Crippen MR) is 42.9 cm³/mol. The van der Waals surface area contributed by atoms with Crippen molar-refractivity contribution >= 4 is 5.97 Å². The smallest absolute Gasteiger partial charge is 0.550 e. The molecule has 0 N–H and O–H groups in total. The normalized spacial score (nSPS) is 11.8. The summed E-state index contributed by atoms with van der Waals surface area (Å²) in [5.74, 6) is -1.11. The van der Waals surface area contributed by atoms with E-state index in [9.17, 15) is 9.90 Å². The fraction of sp³-hybridized carbons (Fsp3) is 0.889. The van der Waals surface area contributed by atoms with Gasteiger partial charge >= 0.3 is 18.9 Å². The molecule has 3 heteroatoms. The van der Waals surface area contributed by atoms with E-state index in [1.54, 1.807) is 0 Å². The Morgan fingerprint density at radius 1 is 1.33 bits per heavy atom. The summed E-state index contributed by atoms with van der Waals surface area (Å²) >= 11 is 0. The van der Waals surface area contributed by atoms with Crippen molar-refractivity contribution in [3.8, 4) is 0 Å². The van der Waals surface area contributed by atoms with Gasteiger partial charge in [-0.15, -0.1) is 0 Å². The number of hydrogen-bond donors (Lipinski definition) is 0. The van der Waals surface area contributed by atoms with Crippen LogP contribution >= 0.6 is 0 Å². The summed E-state index contributed by atoms with van der Waals surface area (Å²) in [6, 6.07) is 0. The van der Waals surface area contributed by atoms with Gasteiger partial charge in [0.2, 0.25) is 0 Å². The number of aliphatic carboxylic acids is 1. The zero-order valence-corrected chi connectivity index (χ0v) is 8.43. The Bertz CT molecular complexity index is 115. The van der Waals surface area contributed by atoms with Crippen LogP contribution < -0.4 is 24.0 Å². The third-order valence-electron chi connectivity index (χ3n) is 1.98. The molecular weight excluding hydrogens is 147 g/mol. The molecule has 0 heterocycles. The standard InChI is InChI=1S/C9H18O2.Li/c1-3-5-6-7-8(4-2)9(10)11;/h8H,3-7H2,1-2H3,(H,10,11);/q;+1/p-1. The predicted octanol–water partition coefficient (Wildman–Crippen LogP) is -1.65. The second-order valence-electron chi connectivity index (χ2n) is 2.92. The summed E-state index contributed by atoms with van der Waals surface area (Å²) < 4.78 is 0. The minimum absolute atomic E-state index is 0. The van der Waals surface area contributed by atoms with E-state index in [1.807, 2.05) is 6.92 Å². The summed E-state index contributed by atoms with van der Waals surface area (Å²) in [5.41, 5.74) is 0. The molecule has 0 aromatic carbocycles. The van der Waals surface area contributed by atoms with Crippen molar-refractivity contribution in [2.45, 2.75) is 46.0 Å². The van der Waals surface area contributed by atoms with Gasteiger partial charge in [0.05, 0.1) is 0 Å². The SMILES string of the molecule is CCCCCC(CC)C(=O)[O-].[Li+]. The first-order valence-electron chi connectivity index (χ1n) is 4.43. The molecule has 0 saturated heterocycles. The molecule has 0 fully saturated rings. The average molecular weight is 164 g/mol. The van der Waals surface area contributed by atoms with Gasteiger partial charge in [0.15, 0.2) is 0 Å². The van der Waals surface area contributed by atoms with Crippen LogP contribution in [0.15, 0.2) is 0 Å². The number of rotatable bonds is 6. The van der Waals surface area contributed by atoms with Crippen molar-refractivity contribution in [1.29, 1.82) is 0 Å². The fourth-order valence-electron chi connectivity index (χ4n) is 1.13. The van der Waals surface area contributed by atoms with Gasteiger partial charge in [0.25, 0.3) is 0 Å². The van der Waals surface area contributed by atoms with Crippen molar-refractivity contribution in [3.05, 3.63) is 0 Å². The minimum atomic E-state index is -0.886. The summed E-state index contributed by atoms with van der Waals surface area (Å²) in [6.07, 6.45) is 4.77. The van der Waals surface area contributed by atoms with Crippen molar-refractivity contribution < 1.29 is 28.8 Å². The zero-order chi connectivity index (χ0) is 8.69. The topological polar surface area (TPSA) is 40.1 Å². The zero-order valence-electron chi connectivity index (χ0n) is 8.43. The molecule has 2 nitrogen and oxygen atoms in total. The molecule has 0 bridgehead atoms. The summed E-state index contributed by atoms with van der Waals surface area (Å²) in [6.45, 7) is 4.01. The van der Waals surface area contributed by atoms with Gasteiger partial charge in [0, 0.05) is 5.97 Å². The Labute approximate surface area is 86.9 Å². The van der Waals surface area contributed by atoms with E-state index >= 15 is 0 Å². The Balaban J connectivity index is 0. The monoisotopic (exact) mass is 164 g/mol. The molecule has 0 aliphatic carbocycles. The average Bonchev–Trinajstić information content (AvgIpc) is 1.97. The first-order chi connectivity index (χ1) is 5.22. The molecule has 0 aromatic heterocycles. The minimum Gasteiger partial charge on any atom is -0.550 e. The molecule has 12 heavy (non-hydrogen) atoms.